The van der Waals surface area contributed by atoms with Gasteiger partial charge < -0.3 is 4.74 Å². The highest BCUT2D eigenvalue weighted by Crippen LogP contribution is 2.40. The number of para-hydroxylation sites is 1. The van der Waals surface area contributed by atoms with Crippen LogP contribution in [0.3, 0.4) is 0 Å². The van der Waals surface area contributed by atoms with Crippen LogP contribution < -0.4 is 4.74 Å². The van der Waals surface area contributed by atoms with E-state index >= 15 is 0 Å². The maximum Gasteiger partial charge on any atom is 0.140 e. The van der Waals surface area contributed by atoms with E-state index in [-0.39, 0.29) is 5.92 Å². The quantitative estimate of drug-likeness (QED) is 0.699. The molecule has 2 nitrogen and oxygen atoms in total. The first-order chi connectivity index (χ1) is 7.36. The van der Waals surface area contributed by atoms with Crippen molar-refractivity contribution in [2.45, 2.75) is 31.6 Å². The Bertz CT molecular complexity index is 409. The molecule has 1 atom stereocenters. The lowest BCUT2D eigenvalue weighted by molar-refractivity contribution is -0.118. The molecule has 1 aliphatic heterocycles. The van der Waals surface area contributed by atoms with Crippen LogP contribution in [-0.2, 0) is 11.2 Å². The van der Waals surface area contributed by atoms with E-state index in [0.717, 1.165) is 43.6 Å². The lowest BCUT2D eigenvalue weighted by atomic mass is 9.94. The van der Waals surface area contributed by atoms with Crippen LogP contribution in [0, 0.1) is 0 Å². The van der Waals surface area contributed by atoms with Gasteiger partial charge >= 0.3 is 0 Å². The highest BCUT2D eigenvalue weighted by atomic mass is 16.5. The summed E-state index contributed by atoms with van der Waals surface area (Å²) >= 11 is 0. The molecule has 1 aromatic carbocycles. The van der Waals surface area contributed by atoms with Gasteiger partial charge in [-0.3, -0.25) is 4.79 Å². The Labute approximate surface area is 89.2 Å². The van der Waals surface area contributed by atoms with Crippen molar-refractivity contribution in [3.63, 3.8) is 0 Å². The minimum atomic E-state index is 0.109. The van der Waals surface area contributed by atoms with Gasteiger partial charge in [0.2, 0.25) is 0 Å². The third kappa shape index (κ3) is 1.36. The molecule has 0 N–H and O–H groups in total. The second kappa shape index (κ2) is 3.37. The largest absolute Gasteiger partial charge is 0.493 e. The Kier molecular flexibility index (Phi) is 2.01. The number of hydrogen-bond acceptors (Lipinski definition) is 2. The SMILES string of the molecule is O=C1CCCC1c1cccc2c1OCC2. The second-order valence-corrected chi connectivity index (χ2v) is 4.35. The number of carbonyl (C=O) groups excluding carboxylic acids is 1. The zero-order valence-corrected chi connectivity index (χ0v) is 8.66. The molecule has 2 aliphatic rings. The average Bonchev–Trinajstić information content (AvgIpc) is 2.85. The summed E-state index contributed by atoms with van der Waals surface area (Å²) in [6.07, 6.45) is 3.77. The standard InChI is InChI=1S/C13H14O2/c14-12-6-2-4-10(12)11-5-1-3-9-7-8-15-13(9)11/h1,3,5,10H,2,4,6-8H2. The first-order valence-electron chi connectivity index (χ1n) is 5.63. The van der Waals surface area contributed by atoms with Gasteiger partial charge in [0.25, 0.3) is 0 Å². The number of carbonyl (C=O) groups is 1. The second-order valence-electron chi connectivity index (χ2n) is 4.35. The van der Waals surface area contributed by atoms with Gasteiger partial charge in [-0.15, -0.1) is 0 Å². The van der Waals surface area contributed by atoms with E-state index in [4.69, 9.17) is 4.74 Å². The maximum atomic E-state index is 11.7. The molecule has 1 aliphatic carbocycles. The number of hydrogen-bond donors (Lipinski definition) is 0. The highest BCUT2D eigenvalue weighted by Gasteiger charge is 2.30. The zero-order valence-electron chi connectivity index (χ0n) is 8.66. The Balaban J connectivity index is 2.05. The summed E-state index contributed by atoms with van der Waals surface area (Å²) in [7, 11) is 0. The molecule has 2 heteroatoms. The Morgan fingerprint density at radius 1 is 1.27 bits per heavy atom. The van der Waals surface area contributed by atoms with Crippen LogP contribution in [0.4, 0.5) is 0 Å². The van der Waals surface area contributed by atoms with Gasteiger partial charge in [0, 0.05) is 24.3 Å². The third-order valence-electron chi connectivity index (χ3n) is 3.42. The predicted octanol–water partition coefficient (Wildman–Crippen LogP) is 2.46. The van der Waals surface area contributed by atoms with Gasteiger partial charge in [-0.2, -0.15) is 0 Å². The van der Waals surface area contributed by atoms with Crippen molar-refractivity contribution >= 4 is 5.78 Å². The van der Waals surface area contributed by atoms with E-state index in [1.54, 1.807) is 0 Å². The van der Waals surface area contributed by atoms with E-state index in [9.17, 15) is 4.79 Å². The molecule has 0 spiro atoms. The Morgan fingerprint density at radius 2 is 2.20 bits per heavy atom. The molecule has 78 valence electrons. The summed E-state index contributed by atoms with van der Waals surface area (Å²) in [5.41, 5.74) is 2.40. The van der Waals surface area contributed by atoms with Crippen molar-refractivity contribution in [2.24, 2.45) is 0 Å². The van der Waals surface area contributed by atoms with Gasteiger partial charge in [0.05, 0.1) is 6.61 Å². The molecule has 0 bridgehead atoms. The zero-order chi connectivity index (χ0) is 10.3. The van der Waals surface area contributed by atoms with Crippen molar-refractivity contribution in [1.29, 1.82) is 0 Å². The number of benzene rings is 1. The van der Waals surface area contributed by atoms with Gasteiger partial charge in [-0.05, 0) is 18.4 Å². The molecule has 15 heavy (non-hydrogen) atoms. The normalized spacial score (nSPS) is 24.0. The summed E-state index contributed by atoms with van der Waals surface area (Å²) in [4.78, 5) is 11.7. The molecular formula is C13H14O2. The summed E-state index contributed by atoms with van der Waals surface area (Å²) < 4.78 is 5.64. The number of ketones is 1. The summed E-state index contributed by atoms with van der Waals surface area (Å²) in [6.45, 7) is 0.771. The molecule has 0 radical (unpaired) electrons. The molecule has 0 amide bonds. The molecular weight excluding hydrogens is 188 g/mol. The summed E-state index contributed by atoms with van der Waals surface area (Å²) in [5.74, 6) is 1.50. The number of fused-ring (bicyclic) bond motifs is 1. The van der Waals surface area contributed by atoms with Crippen molar-refractivity contribution in [2.75, 3.05) is 6.61 Å². The molecule has 0 saturated heterocycles. The fraction of sp³-hybridized carbons (Fsp3) is 0.462. The van der Waals surface area contributed by atoms with Crippen LogP contribution in [0.2, 0.25) is 0 Å². The Hall–Kier alpha value is -1.31. The molecule has 1 saturated carbocycles. The lowest BCUT2D eigenvalue weighted by Crippen LogP contribution is -2.05. The maximum absolute atomic E-state index is 11.7. The van der Waals surface area contributed by atoms with Crippen LogP contribution in [0.15, 0.2) is 18.2 Å². The van der Waals surface area contributed by atoms with Crippen LogP contribution in [-0.4, -0.2) is 12.4 Å². The van der Waals surface area contributed by atoms with E-state index in [0.29, 0.717) is 5.78 Å². The van der Waals surface area contributed by atoms with E-state index in [2.05, 4.69) is 18.2 Å². The average molecular weight is 202 g/mol. The third-order valence-corrected chi connectivity index (χ3v) is 3.42. The number of rotatable bonds is 1. The fourth-order valence-corrected chi connectivity index (χ4v) is 2.66. The van der Waals surface area contributed by atoms with Crippen molar-refractivity contribution < 1.29 is 9.53 Å². The molecule has 1 aromatic rings. The van der Waals surface area contributed by atoms with Crippen molar-refractivity contribution in [3.8, 4) is 5.75 Å². The highest BCUT2D eigenvalue weighted by molar-refractivity contribution is 5.88. The van der Waals surface area contributed by atoms with E-state index < -0.39 is 0 Å². The first kappa shape index (κ1) is 8.96. The van der Waals surface area contributed by atoms with Crippen LogP contribution in [0.1, 0.15) is 36.3 Å². The summed E-state index contributed by atoms with van der Waals surface area (Å²) in [5, 5.41) is 0. The monoisotopic (exact) mass is 202 g/mol. The molecule has 1 fully saturated rings. The van der Waals surface area contributed by atoms with E-state index in [1.165, 1.54) is 5.56 Å². The van der Waals surface area contributed by atoms with Crippen LogP contribution in [0.5, 0.6) is 5.75 Å². The van der Waals surface area contributed by atoms with Gasteiger partial charge in [0.15, 0.2) is 0 Å². The molecule has 1 heterocycles. The molecule has 1 unspecified atom stereocenters. The number of Topliss-reactive ketones (excluding diaryl/α,β-unsaturated/α-hetero) is 1. The molecule has 0 aromatic heterocycles. The smallest absolute Gasteiger partial charge is 0.140 e. The first-order valence-corrected chi connectivity index (χ1v) is 5.63. The van der Waals surface area contributed by atoms with Crippen molar-refractivity contribution in [3.05, 3.63) is 29.3 Å². The van der Waals surface area contributed by atoms with Crippen LogP contribution in [0.25, 0.3) is 0 Å². The topological polar surface area (TPSA) is 26.3 Å². The minimum absolute atomic E-state index is 0.109. The predicted molar refractivity (Wildman–Crippen MR) is 57.2 cm³/mol. The van der Waals surface area contributed by atoms with Gasteiger partial charge in [-0.25, -0.2) is 0 Å². The minimum Gasteiger partial charge on any atom is -0.493 e. The Morgan fingerprint density at radius 3 is 3.00 bits per heavy atom. The van der Waals surface area contributed by atoms with E-state index in [1.807, 2.05) is 0 Å². The van der Waals surface area contributed by atoms with Crippen LogP contribution >= 0.6 is 0 Å². The molecule has 3 rings (SSSR count). The summed E-state index contributed by atoms with van der Waals surface area (Å²) in [6, 6.07) is 6.21. The fourth-order valence-electron chi connectivity index (χ4n) is 2.66. The van der Waals surface area contributed by atoms with Gasteiger partial charge in [-0.1, -0.05) is 18.2 Å². The van der Waals surface area contributed by atoms with Crippen molar-refractivity contribution in [1.82, 2.24) is 0 Å². The lowest BCUT2D eigenvalue weighted by Gasteiger charge is -2.12. The number of ether oxygens (including phenoxy) is 1. The van der Waals surface area contributed by atoms with Gasteiger partial charge in [0.1, 0.15) is 11.5 Å².